The van der Waals surface area contributed by atoms with Crippen molar-refractivity contribution < 1.29 is 9.26 Å². The molecule has 0 spiro atoms. The van der Waals surface area contributed by atoms with Crippen molar-refractivity contribution in [2.75, 3.05) is 7.11 Å². The third-order valence-corrected chi connectivity index (χ3v) is 3.99. The Kier molecular flexibility index (Phi) is 4.62. The lowest BCUT2D eigenvalue weighted by Crippen LogP contribution is -2.36. The second kappa shape index (κ2) is 6.83. The maximum absolute atomic E-state index is 5.47. The van der Waals surface area contributed by atoms with Gasteiger partial charge in [0.1, 0.15) is 0 Å². The lowest BCUT2D eigenvalue weighted by Gasteiger charge is -2.18. The van der Waals surface area contributed by atoms with Crippen LogP contribution in [0, 0.1) is 0 Å². The molecule has 1 aromatic carbocycles. The highest BCUT2D eigenvalue weighted by atomic mass is 16.5. The average molecular weight is 287 g/mol. The third kappa shape index (κ3) is 3.68. The molecule has 0 bridgehead atoms. The quantitative estimate of drug-likeness (QED) is 0.883. The molecule has 2 unspecified atom stereocenters. The Morgan fingerprint density at radius 2 is 2.14 bits per heavy atom. The number of methoxy groups -OCH3 is 1. The zero-order chi connectivity index (χ0) is 14.5. The Morgan fingerprint density at radius 1 is 1.29 bits per heavy atom. The average Bonchev–Trinajstić information content (AvgIpc) is 3.15. The molecule has 1 aliphatic carbocycles. The van der Waals surface area contributed by atoms with Crippen molar-refractivity contribution >= 4 is 0 Å². The van der Waals surface area contributed by atoms with Gasteiger partial charge in [-0.1, -0.05) is 35.5 Å². The molecule has 5 nitrogen and oxygen atoms in total. The van der Waals surface area contributed by atoms with E-state index in [4.69, 9.17) is 9.26 Å². The summed E-state index contributed by atoms with van der Waals surface area (Å²) < 4.78 is 10.8. The van der Waals surface area contributed by atoms with Gasteiger partial charge in [0.15, 0.2) is 5.82 Å². The number of benzene rings is 1. The van der Waals surface area contributed by atoms with Gasteiger partial charge in [-0.25, -0.2) is 0 Å². The molecule has 0 amide bonds. The first-order valence-corrected chi connectivity index (χ1v) is 7.46. The van der Waals surface area contributed by atoms with E-state index in [0.717, 1.165) is 18.7 Å². The van der Waals surface area contributed by atoms with Crippen LogP contribution in [0.1, 0.15) is 36.5 Å². The van der Waals surface area contributed by atoms with Gasteiger partial charge in [-0.05, 0) is 24.8 Å². The smallest absolute Gasteiger partial charge is 0.240 e. The number of hydrogen-bond donors (Lipinski definition) is 1. The Hall–Kier alpha value is -1.72. The van der Waals surface area contributed by atoms with Crippen LogP contribution in [-0.4, -0.2) is 29.4 Å². The van der Waals surface area contributed by atoms with E-state index in [-0.39, 0.29) is 0 Å². The molecule has 2 atom stereocenters. The fraction of sp³-hybridized carbons (Fsp3) is 0.500. The standard InChI is InChI=1S/C16H21N3O2/c1-20-14-9-5-8-13(14)17-11-16-18-15(19-21-16)10-12-6-3-2-4-7-12/h2-4,6-7,13-14,17H,5,8-11H2,1H3. The normalized spacial score (nSPS) is 21.8. The summed E-state index contributed by atoms with van der Waals surface area (Å²) >= 11 is 0. The van der Waals surface area contributed by atoms with Crippen LogP contribution in [0.25, 0.3) is 0 Å². The van der Waals surface area contributed by atoms with Crippen molar-refractivity contribution in [2.45, 2.75) is 44.4 Å². The van der Waals surface area contributed by atoms with Crippen molar-refractivity contribution in [3.05, 3.63) is 47.6 Å². The summed E-state index contributed by atoms with van der Waals surface area (Å²) in [5.74, 6) is 1.37. The van der Waals surface area contributed by atoms with Crippen LogP contribution < -0.4 is 5.32 Å². The molecule has 112 valence electrons. The van der Waals surface area contributed by atoms with E-state index in [0.29, 0.717) is 31.0 Å². The van der Waals surface area contributed by atoms with Crippen molar-refractivity contribution in [1.29, 1.82) is 0 Å². The highest BCUT2D eigenvalue weighted by molar-refractivity contribution is 5.18. The van der Waals surface area contributed by atoms with E-state index in [9.17, 15) is 0 Å². The van der Waals surface area contributed by atoms with Gasteiger partial charge in [0.05, 0.1) is 12.6 Å². The highest BCUT2D eigenvalue weighted by Crippen LogP contribution is 2.21. The zero-order valence-corrected chi connectivity index (χ0v) is 12.3. The number of rotatable bonds is 6. The molecule has 3 rings (SSSR count). The summed E-state index contributed by atoms with van der Waals surface area (Å²) in [5, 5.41) is 7.49. The molecule has 0 radical (unpaired) electrons. The fourth-order valence-corrected chi connectivity index (χ4v) is 2.87. The predicted molar refractivity (Wildman–Crippen MR) is 78.8 cm³/mol. The summed E-state index contributed by atoms with van der Waals surface area (Å²) in [5.41, 5.74) is 1.19. The summed E-state index contributed by atoms with van der Waals surface area (Å²) in [6.07, 6.45) is 4.48. The van der Waals surface area contributed by atoms with Crippen LogP contribution in [0.5, 0.6) is 0 Å². The molecule has 1 aromatic heterocycles. The maximum atomic E-state index is 5.47. The Morgan fingerprint density at radius 3 is 2.95 bits per heavy atom. The largest absolute Gasteiger partial charge is 0.380 e. The van der Waals surface area contributed by atoms with Crippen LogP contribution in [0.3, 0.4) is 0 Å². The minimum atomic E-state index is 0.303. The molecule has 0 aliphatic heterocycles. The predicted octanol–water partition coefficient (Wildman–Crippen LogP) is 2.32. The first-order valence-electron chi connectivity index (χ1n) is 7.46. The van der Waals surface area contributed by atoms with E-state index in [2.05, 4.69) is 27.6 Å². The molecule has 1 N–H and O–H groups in total. The lowest BCUT2D eigenvalue weighted by atomic mass is 10.1. The monoisotopic (exact) mass is 287 g/mol. The number of nitrogens with one attached hydrogen (secondary N) is 1. The Balaban J connectivity index is 1.53. The van der Waals surface area contributed by atoms with Crippen LogP contribution in [0.2, 0.25) is 0 Å². The minimum Gasteiger partial charge on any atom is -0.380 e. The van der Waals surface area contributed by atoms with E-state index in [1.54, 1.807) is 7.11 Å². The van der Waals surface area contributed by atoms with Gasteiger partial charge in [-0.3, -0.25) is 0 Å². The molecular formula is C16H21N3O2. The van der Waals surface area contributed by atoms with E-state index in [1.165, 1.54) is 12.0 Å². The molecule has 1 aliphatic rings. The zero-order valence-electron chi connectivity index (χ0n) is 12.3. The molecule has 5 heteroatoms. The molecule has 1 fully saturated rings. The van der Waals surface area contributed by atoms with E-state index in [1.807, 2.05) is 18.2 Å². The van der Waals surface area contributed by atoms with Gasteiger partial charge in [0, 0.05) is 19.6 Å². The second-order valence-electron chi connectivity index (χ2n) is 5.46. The number of hydrogen-bond acceptors (Lipinski definition) is 5. The summed E-state index contributed by atoms with van der Waals surface area (Å²) in [6, 6.07) is 10.6. The van der Waals surface area contributed by atoms with Crippen LogP contribution >= 0.6 is 0 Å². The van der Waals surface area contributed by atoms with Crippen molar-refractivity contribution in [3.63, 3.8) is 0 Å². The topological polar surface area (TPSA) is 60.2 Å². The van der Waals surface area contributed by atoms with E-state index < -0.39 is 0 Å². The number of ether oxygens (including phenoxy) is 1. The van der Waals surface area contributed by atoms with Gasteiger partial charge in [-0.15, -0.1) is 0 Å². The SMILES string of the molecule is COC1CCCC1NCc1nc(Cc2ccccc2)no1. The molecule has 2 aromatic rings. The minimum absolute atomic E-state index is 0.303. The molecular weight excluding hydrogens is 266 g/mol. The fourth-order valence-electron chi connectivity index (χ4n) is 2.87. The Labute approximate surface area is 124 Å². The van der Waals surface area contributed by atoms with Crippen LogP contribution in [0.15, 0.2) is 34.9 Å². The lowest BCUT2D eigenvalue weighted by molar-refractivity contribution is 0.0837. The maximum Gasteiger partial charge on any atom is 0.240 e. The van der Waals surface area contributed by atoms with E-state index >= 15 is 0 Å². The molecule has 1 saturated carbocycles. The van der Waals surface area contributed by atoms with Crippen molar-refractivity contribution in [3.8, 4) is 0 Å². The van der Waals surface area contributed by atoms with Crippen molar-refractivity contribution in [2.24, 2.45) is 0 Å². The highest BCUT2D eigenvalue weighted by Gasteiger charge is 2.26. The molecule has 1 heterocycles. The van der Waals surface area contributed by atoms with Gasteiger partial charge in [-0.2, -0.15) is 4.98 Å². The molecule has 21 heavy (non-hydrogen) atoms. The van der Waals surface area contributed by atoms with Gasteiger partial charge in [0.2, 0.25) is 5.89 Å². The van der Waals surface area contributed by atoms with Crippen LogP contribution in [0.4, 0.5) is 0 Å². The van der Waals surface area contributed by atoms with Gasteiger partial charge < -0.3 is 14.6 Å². The van der Waals surface area contributed by atoms with Gasteiger partial charge >= 0.3 is 0 Å². The third-order valence-electron chi connectivity index (χ3n) is 3.99. The second-order valence-corrected chi connectivity index (χ2v) is 5.46. The number of nitrogens with zero attached hydrogens (tertiary/aromatic N) is 2. The summed E-state index contributed by atoms with van der Waals surface area (Å²) in [7, 11) is 1.77. The summed E-state index contributed by atoms with van der Waals surface area (Å²) in [4.78, 5) is 4.44. The Bertz CT molecular complexity index is 556. The first kappa shape index (κ1) is 14.2. The number of aromatic nitrogens is 2. The van der Waals surface area contributed by atoms with Crippen LogP contribution in [-0.2, 0) is 17.7 Å². The molecule has 0 saturated heterocycles. The van der Waals surface area contributed by atoms with Crippen molar-refractivity contribution in [1.82, 2.24) is 15.5 Å². The first-order chi connectivity index (χ1) is 10.3. The summed E-state index contributed by atoms with van der Waals surface area (Å²) in [6.45, 7) is 0.603. The van der Waals surface area contributed by atoms with Gasteiger partial charge in [0.25, 0.3) is 0 Å².